The van der Waals surface area contributed by atoms with E-state index in [0.717, 1.165) is 41.0 Å². The number of fused-ring (bicyclic) bond motifs is 1. The van der Waals surface area contributed by atoms with Crippen LogP contribution in [0.1, 0.15) is 65.7 Å². The molecule has 3 aromatic rings. The lowest BCUT2D eigenvalue weighted by atomic mass is 9.96. The second-order valence-corrected chi connectivity index (χ2v) is 9.71. The predicted octanol–water partition coefficient (Wildman–Crippen LogP) is 4.68. The molecule has 3 heterocycles. The van der Waals surface area contributed by atoms with Crippen LogP contribution < -0.4 is 16.0 Å². The molecular weight excluding hydrogens is 436 g/mol. The third-order valence-electron chi connectivity index (χ3n) is 6.74. The van der Waals surface area contributed by atoms with Crippen molar-refractivity contribution in [2.75, 3.05) is 18.6 Å². The van der Waals surface area contributed by atoms with E-state index < -0.39 is 0 Å². The van der Waals surface area contributed by atoms with E-state index in [4.69, 9.17) is 15.0 Å². The van der Waals surface area contributed by atoms with Crippen molar-refractivity contribution in [3.8, 4) is 5.75 Å². The number of methoxy groups -OCH3 is 1. The molecule has 1 aliphatic carbocycles. The molecule has 0 amide bonds. The fraction of sp³-hybridized carbons (Fsp3) is 0.400. The summed E-state index contributed by atoms with van der Waals surface area (Å²) in [6.07, 6.45) is 7.04. The van der Waals surface area contributed by atoms with Gasteiger partial charge in [0.1, 0.15) is 16.8 Å². The number of thioether (sulfide) groups is 1. The van der Waals surface area contributed by atoms with E-state index in [1.54, 1.807) is 23.4 Å². The first kappa shape index (κ1) is 21.8. The lowest BCUT2D eigenvalue weighted by Crippen LogP contribution is -2.28. The van der Waals surface area contributed by atoms with Crippen LogP contribution in [-0.4, -0.2) is 27.6 Å². The maximum atomic E-state index is 13.5. The Morgan fingerprint density at radius 2 is 2.15 bits per heavy atom. The van der Waals surface area contributed by atoms with Crippen molar-refractivity contribution in [1.82, 2.24) is 14.7 Å². The van der Waals surface area contributed by atoms with Crippen LogP contribution in [0, 0.1) is 13.8 Å². The average molecular weight is 465 g/mol. The lowest BCUT2D eigenvalue weighted by molar-refractivity contribution is 0.334. The Balaban J connectivity index is 1.55. The highest BCUT2D eigenvalue weighted by Crippen LogP contribution is 2.44. The van der Waals surface area contributed by atoms with Crippen LogP contribution in [0.4, 0.5) is 5.69 Å². The second kappa shape index (κ2) is 8.74. The van der Waals surface area contributed by atoms with Crippen LogP contribution in [0.25, 0.3) is 5.57 Å². The van der Waals surface area contributed by atoms with Gasteiger partial charge in [-0.25, -0.2) is 0 Å². The van der Waals surface area contributed by atoms with Crippen molar-refractivity contribution in [2.24, 2.45) is 0 Å². The molecule has 7 nitrogen and oxygen atoms in total. The van der Waals surface area contributed by atoms with Gasteiger partial charge in [0.25, 0.3) is 11.4 Å². The van der Waals surface area contributed by atoms with E-state index in [1.807, 2.05) is 6.07 Å². The van der Waals surface area contributed by atoms with Crippen molar-refractivity contribution in [2.45, 2.75) is 57.0 Å². The maximum absolute atomic E-state index is 13.5. The van der Waals surface area contributed by atoms with E-state index in [2.05, 4.69) is 42.2 Å². The Morgan fingerprint density at radius 3 is 2.91 bits per heavy atom. The average Bonchev–Trinajstić information content (AvgIpc) is 3.48. The molecule has 0 saturated carbocycles. The Bertz CT molecular complexity index is 1310. The number of hydrogen-bond acceptors (Lipinski definition) is 7. The smallest absolute Gasteiger partial charge is 0.275 e. The number of pyridine rings is 1. The molecular formula is C25H28N4O3S. The summed E-state index contributed by atoms with van der Waals surface area (Å²) in [6, 6.07) is 5.82. The highest BCUT2D eigenvalue weighted by atomic mass is 32.2. The molecule has 1 atom stereocenters. The van der Waals surface area contributed by atoms with Gasteiger partial charge in [0.05, 0.1) is 7.11 Å². The fourth-order valence-corrected chi connectivity index (χ4v) is 5.96. The molecule has 1 aliphatic heterocycles. The summed E-state index contributed by atoms with van der Waals surface area (Å²) in [6.45, 7) is 4.17. The van der Waals surface area contributed by atoms with Crippen LogP contribution in [-0.2, 0) is 6.42 Å². The minimum Gasteiger partial charge on any atom is -0.494 e. The summed E-state index contributed by atoms with van der Waals surface area (Å²) in [4.78, 5) is 18.1. The van der Waals surface area contributed by atoms with Crippen LogP contribution in [0.15, 0.2) is 38.6 Å². The molecule has 0 bridgehead atoms. The number of ether oxygens (including phenoxy) is 1. The van der Waals surface area contributed by atoms with E-state index in [0.29, 0.717) is 29.6 Å². The highest BCUT2D eigenvalue weighted by Gasteiger charge is 2.35. The normalized spacial score (nSPS) is 17.7. The Hall–Kier alpha value is -3.00. The third-order valence-corrected chi connectivity index (χ3v) is 7.88. The van der Waals surface area contributed by atoms with Gasteiger partial charge in [-0.15, -0.1) is 11.8 Å². The largest absolute Gasteiger partial charge is 0.494 e. The monoisotopic (exact) mass is 464 g/mol. The molecule has 2 N–H and O–H groups in total. The van der Waals surface area contributed by atoms with Gasteiger partial charge in [-0.1, -0.05) is 29.4 Å². The summed E-state index contributed by atoms with van der Waals surface area (Å²) >= 11 is 1.56. The molecule has 1 unspecified atom stereocenters. The van der Waals surface area contributed by atoms with E-state index >= 15 is 0 Å². The number of allylic oxidation sites excluding steroid dienone is 2. The van der Waals surface area contributed by atoms with Gasteiger partial charge in [0, 0.05) is 17.7 Å². The summed E-state index contributed by atoms with van der Waals surface area (Å²) in [5.74, 6) is 2.32. The van der Waals surface area contributed by atoms with Crippen LogP contribution in [0.3, 0.4) is 0 Å². The van der Waals surface area contributed by atoms with Crippen molar-refractivity contribution in [1.29, 1.82) is 0 Å². The summed E-state index contributed by atoms with van der Waals surface area (Å²) < 4.78 is 13.1. The van der Waals surface area contributed by atoms with Crippen molar-refractivity contribution >= 4 is 23.0 Å². The molecule has 33 heavy (non-hydrogen) atoms. The quantitative estimate of drug-likeness (QED) is 0.585. The zero-order valence-electron chi connectivity index (χ0n) is 19.2. The van der Waals surface area contributed by atoms with Gasteiger partial charge in [0.15, 0.2) is 11.6 Å². The van der Waals surface area contributed by atoms with Gasteiger partial charge in [0.2, 0.25) is 0 Å². The molecule has 2 aliphatic rings. The Kier molecular flexibility index (Phi) is 5.78. The first-order valence-electron chi connectivity index (χ1n) is 11.3. The lowest BCUT2D eigenvalue weighted by Gasteiger charge is -2.18. The van der Waals surface area contributed by atoms with Crippen molar-refractivity contribution < 1.29 is 9.26 Å². The number of rotatable bonds is 5. The van der Waals surface area contributed by atoms with Crippen LogP contribution in [0.5, 0.6) is 5.75 Å². The van der Waals surface area contributed by atoms with Gasteiger partial charge < -0.3 is 15.0 Å². The molecule has 172 valence electrons. The number of benzene rings is 1. The van der Waals surface area contributed by atoms with E-state index in [-0.39, 0.29) is 17.3 Å². The maximum Gasteiger partial charge on any atom is 0.275 e. The molecule has 0 fully saturated rings. The number of nitrogen functional groups attached to an aromatic ring is 1. The van der Waals surface area contributed by atoms with Crippen LogP contribution >= 0.6 is 11.8 Å². The summed E-state index contributed by atoms with van der Waals surface area (Å²) in [5, 5.41) is 4.96. The molecule has 1 aromatic carbocycles. The number of aromatic nitrogens is 3. The topological polar surface area (TPSA) is 96.2 Å². The highest BCUT2D eigenvalue weighted by molar-refractivity contribution is 7.99. The number of anilines is 1. The van der Waals surface area contributed by atoms with E-state index in [9.17, 15) is 4.79 Å². The van der Waals surface area contributed by atoms with Gasteiger partial charge in [-0.05, 0) is 61.8 Å². The zero-order chi connectivity index (χ0) is 23.1. The van der Waals surface area contributed by atoms with Crippen molar-refractivity contribution in [3.05, 3.63) is 68.6 Å². The predicted molar refractivity (Wildman–Crippen MR) is 130 cm³/mol. The Labute approximate surface area is 197 Å². The first-order chi connectivity index (χ1) is 16.0. The SMILES string of the molecule is COc1c(Cc2cccc(C)c2C)c(N)c(=O)n2c1SCC2c1nc(C2=CCCCC2)no1. The standard InChI is InChI=1S/C25H28N4O3S/c1-14-8-7-11-17(15(14)2)12-18-20(26)24(30)29-19(13-33-25(29)21(18)31-3)23-27-22(28-32-23)16-9-5-4-6-10-16/h7-9,11,19H,4-6,10,12-13,26H2,1-3H3. The molecule has 0 spiro atoms. The second-order valence-electron chi connectivity index (χ2n) is 8.70. The molecule has 5 rings (SSSR count). The van der Waals surface area contributed by atoms with Gasteiger partial charge >= 0.3 is 0 Å². The number of aryl methyl sites for hydroxylation is 1. The number of nitrogens with zero attached hydrogens (tertiary/aromatic N) is 3. The van der Waals surface area contributed by atoms with E-state index in [1.165, 1.54) is 17.5 Å². The number of nitrogens with two attached hydrogens (primary N) is 1. The van der Waals surface area contributed by atoms with Gasteiger partial charge in [-0.3, -0.25) is 9.36 Å². The third kappa shape index (κ3) is 3.76. The number of hydrogen-bond donors (Lipinski definition) is 1. The van der Waals surface area contributed by atoms with Gasteiger partial charge in [-0.2, -0.15) is 4.98 Å². The summed E-state index contributed by atoms with van der Waals surface area (Å²) in [5.41, 5.74) is 11.8. The zero-order valence-corrected chi connectivity index (χ0v) is 20.0. The van der Waals surface area contributed by atoms with Crippen LogP contribution in [0.2, 0.25) is 0 Å². The summed E-state index contributed by atoms with van der Waals surface area (Å²) in [7, 11) is 1.63. The fourth-order valence-electron chi connectivity index (χ4n) is 4.67. The minimum atomic E-state index is -0.367. The first-order valence-corrected chi connectivity index (χ1v) is 12.3. The molecule has 2 aromatic heterocycles. The minimum absolute atomic E-state index is 0.207. The molecule has 0 saturated heterocycles. The van der Waals surface area contributed by atoms with Crippen molar-refractivity contribution in [3.63, 3.8) is 0 Å². The Morgan fingerprint density at radius 1 is 1.30 bits per heavy atom. The molecule has 8 heteroatoms. The molecule has 0 radical (unpaired) electrons.